The van der Waals surface area contributed by atoms with Crippen molar-refractivity contribution in [1.82, 2.24) is 0 Å². The number of rotatable bonds is 5. The Bertz CT molecular complexity index is 923. The summed E-state index contributed by atoms with van der Waals surface area (Å²) in [5, 5.41) is 0. The van der Waals surface area contributed by atoms with Crippen molar-refractivity contribution in [3.8, 4) is 11.5 Å². The number of aryl methyl sites for hydroxylation is 1. The molecule has 4 atom stereocenters. The van der Waals surface area contributed by atoms with Gasteiger partial charge in [0.25, 0.3) is 0 Å². The predicted molar refractivity (Wildman–Crippen MR) is 123 cm³/mol. The lowest BCUT2D eigenvalue weighted by Crippen LogP contribution is -2.69. The van der Waals surface area contributed by atoms with Crippen LogP contribution in [0.5, 0.6) is 11.5 Å². The number of piperidine rings is 2. The van der Waals surface area contributed by atoms with Gasteiger partial charge in [-0.1, -0.05) is 26.3 Å². The Balaban J connectivity index is 1.68. The Labute approximate surface area is 181 Å². The van der Waals surface area contributed by atoms with Crippen LogP contribution in [0.2, 0.25) is 0 Å². The molecule has 2 saturated heterocycles. The SMILES string of the molecule is CCC[C@H]1[C@@H]2CCc3cc(OC)ccc3[C@@]23CC[C@]1(C)CN3c1ccc(OC)cc1. The molecular weight excluding hydrogens is 370 g/mol. The molecule has 0 unspecified atom stereocenters. The lowest BCUT2D eigenvalue weighted by molar-refractivity contribution is -0.0641. The fourth-order valence-electron chi connectivity index (χ4n) is 7.20. The van der Waals surface area contributed by atoms with Crippen molar-refractivity contribution in [3.63, 3.8) is 0 Å². The van der Waals surface area contributed by atoms with Gasteiger partial charge in [0, 0.05) is 12.2 Å². The molecule has 0 radical (unpaired) electrons. The molecule has 4 aliphatic rings. The van der Waals surface area contributed by atoms with Crippen LogP contribution in [0.1, 0.15) is 57.1 Å². The summed E-state index contributed by atoms with van der Waals surface area (Å²) in [5.74, 6) is 3.44. The van der Waals surface area contributed by atoms with Gasteiger partial charge in [-0.15, -0.1) is 0 Å². The zero-order valence-corrected chi connectivity index (χ0v) is 18.9. The third-order valence-electron chi connectivity index (χ3n) is 8.56. The molecule has 2 bridgehead atoms. The lowest BCUT2D eigenvalue weighted by Gasteiger charge is -2.69. The number of hydrogen-bond acceptors (Lipinski definition) is 3. The van der Waals surface area contributed by atoms with E-state index in [1.54, 1.807) is 19.8 Å². The second-order valence-corrected chi connectivity index (χ2v) is 9.93. The Hall–Kier alpha value is -2.16. The van der Waals surface area contributed by atoms with Crippen LogP contribution in [0.25, 0.3) is 0 Å². The van der Waals surface area contributed by atoms with Crippen molar-refractivity contribution in [3.05, 3.63) is 53.6 Å². The highest BCUT2D eigenvalue weighted by molar-refractivity contribution is 5.58. The first kappa shape index (κ1) is 19.8. The highest BCUT2D eigenvalue weighted by atomic mass is 16.5. The molecule has 2 aliphatic carbocycles. The molecule has 160 valence electrons. The van der Waals surface area contributed by atoms with Gasteiger partial charge in [0.1, 0.15) is 11.5 Å². The summed E-state index contributed by atoms with van der Waals surface area (Å²) in [6.45, 7) is 6.07. The molecule has 0 N–H and O–H groups in total. The van der Waals surface area contributed by atoms with Crippen LogP contribution in [-0.2, 0) is 12.0 Å². The van der Waals surface area contributed by atoms with E-state index in [4.69, 9.17) is 9.47 Å². The van der Waals surface area contributed by atoms with Gasteiger partial charge in [-0.25, -0.2) is 0 Å². The van der Waals surface area contributed by atoms with Gasteiger partial charge in [-0.05, 0) is 96.9 Å². The predicted octanol–water partition coefficient (Wildman–Crippen LogP) is 6.20. The molecule has 30 heavy (non-hydrogen) atoms. The van der Waals surface area contributed by atoms with E-state index < -0.39 is 0 Å². The summed E-state index contributed by atoms with van der Waals surface area (Å²) < 4.78 is 11.0. The highest BCUT2D eigenvalue weighted by Gasteiger charge is 2.63. The minimum absolute atomic E-state index is 0.103. The normalized spacial score (nSPS) is 31.8. The van der Waals surface area contributed by atoms with E-state index in [0.717, 1.165) is 24.0 Å². The third kappa shape index (κ3) is 2.70. The average Bonchev–Trinajstić information content (AvgIpc) is 2.79. The highest BCUT2D eigenvalue weighted by Crippen LogP contribution is 2.65. The number of fused-ring (bicyclic) bond motifs is 3. The second kappa shape index (κ2) is 7.21. The fourth-order valence-corrected chi connectivity index (χ4v) is 7.20. The van der Waals surface area contributed by atoms with Crippen LogP contribution in [0.4, 0.5) is 5.69 Å². The van der Waals surface area contributed by atoms with Crippen molar-refractivity contribution < 1.29 is 9.47 Å². The van der Waals surface area contributed by atoms with Gasteiger partial charge in [0.15, 0.2) is 0 Å². The smallest absolute Gasteiger partial charge is 0.119 e. The molecule has 2 aliphatic heterocycles. The summed E-state index contributed by atoms with van der Waals surface area (Å²) in [4.78, 5) is 2.78. The molecule has 1 spiro atoms. The van der Waals surface area contributed by atoms with Crippen LogP contribution < -0.4 is 14.4 Å². The van der Waals surface area contributed by atoms with Gasteiger partial charge < -0.3 is 14.4 Å². The molecule has 0 aromatic heterocycles. The summed E-state index contributed by atoms with van der Waals surface area (Å²) >= 11 is 0. The van der Waals surface area contributed by atoms with Crippen LogP contribution in [-0.4, -0.2) is 20.8 Å². The van der Waals surface area contributed by atoms with Gasteiger partial charge in [-0.3, -0.25) is 0 Å². The maximum Gasteiger partial charge on any atom is 0.119 e. The molecule has 1 saturated carbocycles. The van der Waals surface area contributed by atoms with E-state index in [0.29, 0.717) is 11.3 Å². The van der Waals surface area contributed by atoms with E-state index >= 15 is 0 Å². The quantitative estimate of drug-likeness (QED) is 0.591. The van der Waals surface area contributed by atoms with Gasteiger partial charge in [0.2, 0.25) is 0 Å². The van der Waals surface area contributed by atoms with Crippen LogP contribution in [0, 0.1) is 17.3 Å². The molecule has 0 amide bonds. The fraction of sp³-hybridized carbons (Fsp3) is 0.556. The van der Waals surface area contributed by atoms with E-state index in [9.17, 15) is 0 Å². The van der Waals surface area contributed by atoms with Crippen molar-refractivity contribution in [2.75, 3.05) is 25.7 Å². The Morgan fingerprint density at radius 1 is 1.00 bits per heavy atom. The third-order valence-corrected chi connectivity index (χ3v) is 8.56. The number of anilines is 1. The molecule has 6 rings (SSSR count). The van der Waals surface area contributed by atoms with Crippen molar-refractivity contribution in [2.24, 2.45) is 17.3 Å². The monoisotopic (exact) mass is 405 g/mol. The number of nitrogens with zero attached hydrogens (tertiary/aromatic N) is 1. The molecule has 2 aromatic carbocycles. The van der Waals surface area contributed by atoms with Crippen molar-refractivity contribution >= 4 is 5.69 Å². The number of ether oxygens (including phenoxy) is 2. The van der Waals surface area contributed by atoms with Crippen LogP contribution in [0.15, 0.2) is 42.5 Å². The van der Waals surface area contributed by atoms with E-state index in [2.05, 4.69) is 61.2 Å². The summed E-state index contributed by atoms with van der Waals surface area (Å²) in [7, 11) is 3.52. The Kier molecular flexibility index (Phi) is 4.76. The topological polar surface area (TPSA) is 21.7 Å². The first-order valence-corrected chi connectivity index (χ1v) is 11.6. The molecule has 3 nitrogen and oxygen atoms in total. The summed E-state index contributed by atoms with van der Waals surface area (Å²) in [6, 6.07) is 15.6. The van der Waals surface area contributed by atoms with Gasteiger partial charge in [-0.2, -0.15) is 0 Å². The first-order chi connectivity index (χ1) is 14.6. The van der Waals surface area contributed by atoms with Crippen LogP contribution >= 0.6 is 0 Å². The summed E-state index contributed by atoms with van der Waals surface area (Å²) in [6.07, 6.45) is 7.67. The second-order valence-electron chi connectivity index (χ2n) is 9.93. The standard InChI is InChI=1S/C27H35NO2/c1-5-6-24-25-13-7-19-17-22(30-4)12-14-23(19)27(25)16-15-26(24,2)18-28(27)20-8-10-21(29-3)11-9-20/h8-12,14,17,24-25H,5-7,13,15-16,18H2,1-4H3/t24-,25-,26+,27-/m0/s1. The van der Waals surface area contributed by atoms with Gasteiger partial charge in [0.05, 0.1) is 19.8 Å². The average molecular weight is 406 g/mol. The van der Waals surface area contributed by atoms with Crippen molar-refractivity contribution in [2.45, 2.75) is 57.9 Å². The lowest BCUT2D eigenvalue weighted by atomic mass is 9.46. The largest absolute Gasteiger partial charge is 0.497 e. The number of methoxy groups -OCH3 is 2. The van der Waals surface area contributed by atoms with Crippen molar-refractivity contribution in [1.29, 1.82) is 0 Å². The first-order valence-electron chi connectivity index (χ1n) is 11.6. The molecule has 3 heteroatoms. The molecule has 2 heterocycles. The van der Waals surface area contributed by atoms with E-state index in [-0.39, 0.29) is 5.54 Å². The maximum atomic E-state index is 5.58. The van der Waals surface area contributed by atoms with Crippen LogP contribution in [0.3, 0.4) is 0 Å². The van der Waals surface area contributed by atoms with E-state index in [1.165, 1.54) is 49.8 Å². The molecule has 3 fully saturated rings. The minimum Gasteiger partial charge on any atom is -0.497 e. The zero-order chi connectivity index (χ0) is 20.9. The summed E-state index contributed by atoms with van der Waals surface area (Å²) in [5.41, 5.74) is 4.88. The minimum atomic E-state index is 0.103. The Morgan fingerprint density at radius 2 is 1.73 bits per heavy atom. The number of hydrogen-bond donors (Lipinski definition) is 0. The molecule has 2 aromatic rings. The number of benzene rings is 2. The zero-order valence-electron chi connectivity index (χ0n) is 18.9. The van der Waals surface area contributed by atoms with Gasteiger partial charge >= 0.3 is 0 Å². The van der Waals surface area contributed by atoms with E-state index in [1.807, 2.05) is 0 Å². The maximum absolute atomic E-state index is 5.58. The Morgan fingerprint density at radius 3 is 2.43 bits per heavy atom. The molecular formula is C27H35NO2.